The number of benzene rings is 1. The number of nitrogens with zero attached hydrogens (tertiary/aromatic N) is 3. The summed E-state index contributed by atoms with van der Waals surface area (Å²) in [5.41, 5.74) is 2.35. The van der Waals surface area contributed by atoms with Gasteiger partial charge in [-0.2, -0.15) is 0 Å². The van der Waals surface area contributed by atoms with Gasteiger partial charge in [0.1, 0.15) is 5.65 Å². The Morgan fingerprint density at radius 3 is 2.57 bits per heavy atom. The van der Waals surface area contributed by atoms with Gasteiger partial charge in [-0.3, -0.25) is 14.5 Å². The first kappa shape index (κ1) is 14.5. The molecule has 7 nitrogen and oxygen atoms in total. The Kier molecular flexibility index (Phi) is 3.60. The highest BCUT2D eigenvalue weighted by Gasteiger charge is 2.13. The van der Waals surface area contributed by atoms with Crippen LogP contribution in [0, 0.1) is 10.1 Å². The van der Waals surface area contributed by atoms with E-state index >= 15 is 0 Å². The fraction of sp³-hybridized carbons (Fsp3) is 0. The number of carboxylic acid groups (broad SMARTS) is 1. The minimum Gasteiger partial charge on any atom is -0.545 e. The normalized spacial score (nSPS) is 11.1. The third-order valence-electron chi connectivity index (χ3n) is 3.30. The Balaban J connectivity index is 2.17. The van der Waals surface area contributed by atoms with Gasteiger partial charge < -0.3 is 9.90 Å². The zero-order valence-corrected chi connectivity index (χ0v) is 11.7. The molecule has 114 valence electrons. The van der Waals surface area contributed by atoms with Crippen molar-refractivity contribution in [1.29, 1.82) is 0 Å². The van der Waals surface area contributed by atoms with Crippen molar-refractivity contribution in [2.45, 2.75) is 0 Å². The molecule has 0 unspecified atom stereocenters. The van der Waals surface area contributed by atoms with Crippen molar-refractivity contribution in [1.82, 2.24) is 9.38 Å². The lowest BCUT2D eigenvalue weighted by molar-refractivity contribution is -0.384. The Bertz CT molecular complexity index is 926. The van der Waals surface area contributed by atoms with Crippen LogP contribution in [0.4, 0.5) is 5.69 Å². The van der Waals surface area contributed by atoms with Gasteiger partial charge in [-0.25, -0.2) is 4.98 Å². The average molecular weight is 308 g/mol. The summed E-state index contributed by atoms with van der Waals surface area (Å²) in [5, 5.41) is 21.4. The second-order valence-electron chi connectivity index (χ2n) is 4.73. The van der Waals surface area contributed by atoms with Crippen molar-refractivity contribution >= 4 is 23.4 Å². The van der Waals surface area contributed by atoms with Crippen LogP contribution in [0.25, 0.3) is 23.0 Å². The van der Waals surface area contributed by atoms with Crippen molar-refractivity contribution < 1.29 is 14.8 Å². The number of fused-ring (bicyclic) bond motifs is 1. The minimum atomic E-state index is -1.31. The summed E-state index contributed by atoms with van der Waals surface area (Å²) in [4.78, 5) is 25.4. The molecule has 3 rings (SSSR count). The van der Waals surface area contributed by atoms with Crippen LogP contribution in [-0.2, 0) is 4.79 Å². The Morgan fingerprint density at radius 1 is 1.17 bits per heavy atom. The van der Waals surface area contributed by atoms with Crippen molar-refractivity contribution in [3.8, 4) is 11.3 Å². The third-order valence-corrected chi connectivity index (χ3v) is 3.30. The van der Waals surface area contributed by atoms with Gasteiger partial charge in [-0.15, -0.1) is 0 Å². The van der Waals surface area contributed by atoms with Crippen molar-refractivity contribution in [3.63, 3.8) is 0 Å². The molecule has 0 amide bonds. The highest BCUT2D eigenvalue weighted by atomic mass is 16.6. The lowest BCUT2D eigenvalue weighted by atomic mass is 10.1. The number of rotatable bonds is 4. The lowest BCUT2D eigenvalue weighted by Crippen LogP contribution is -2.18. The van der Waals surface area contributed by atoms with E-state index in [2.05, 4.69) is 4.98 Å². The highest BCUT2D eigenvalue weighted by molar-refractivity contribution is 5.86. The maximum Gasteiger partial charge on any atom is 0.269 e. The van der Waals surface area contributed by atoms with Crippen molar-refractivity contribution in [3.05, 3.63) is 70.5 Å². The topological polar surface area (TPSA) is 101 Å². The molecule has 2 heterocycles. The van der Waals surface area contributed by atoms with Crippen LogP contribution in [0.5, 0.6) is 0 Å². The quantitative estimate of drug-likeness (QED) is 0.414. The number of carbonyl (C=O) groups excluding carboxylic acids is 1. The van der Waals surface area contributed by atoms with Crippen LogP contribution in [0.2, 0.25) is 0 Å². The fourth-order valence-corrected chi connectivity index (χ4v) is 2.27. The molecule has 2 aromatic heterocycles. The average Bonchev–Trinajstić information content (AvgIpc) is 2.91. The van der Waals surface area contributed by atoms with E-state index in [-0.39, 0.29) is 5.69 Å². The van der Waals surface area contributed by atoms with E-state index in [0.717, 1.165) is 6.08 Å². The number of non-ortho nitro benzene ring substituents is 1. The highest BCUT2D eigenvalue weighted by Crippen LogP contribution is 2.27. The van der Waals surface area contributed by atoms with Crippen LogP contribution in [0.3, 0.4) is 0 Å². The molecule has 0 atom stereocenters. The number of hydrogen-bond donors (Lipinski definition) is 0. The van der Waals surface area contributed by atoms with Crippen LogP contribution in [-0.4, -0.2) is 20.3 Å². The van der Waals surface area contributed by atoms with Crippen molar-refractivity contribution in [2.75, 3.05) is 0 Å². The first-order valence-electron chi connectivity index (χ1n) is 6.67. The Morgan fingerprint density at radius 2 is 1.91 bits per heavy atom. The number of pyridine rings is 1. The third kappa shape index (κ3) is 2.80. The Labute approximate surface area is 130 Å². The largest absolute Gasteiger partial charge is 0.545 e. The summed E-state index contributed by atoms with van der Waals surface area (Å²) in [5.74, 6) is -1.31. The monoisotopic (exact) mass is 308 g/mol. The number of aliphatic carboxylic acids is 1. The van der Waals surface area contributed by atoms with Gasteiger partial charge in [0, 0.05) is 23.9 Å². The van der Waals surface area contributed by atoms with Crippen LogP contribution >= 0.6 is 0 Å². The molecular formula is C16H10N3O4-. The van der Waals surface area contributed by atoms with Crippen LogP contribution in [0.1, 0.15) is 5.69 Å². The standard InChI is InChI=1S/C16H11N3O4/c20-15(21)9-8-13-16(17-14-3-1-2-10-18(13)14)11-4-6-12(7-5-11)19(22)23/h1-10H,(H,20,21)/p-1/b9-8+. The number of carboxylic acids is 1. The SMILES string of the molecule is O=C([O-])/C=C/c1c(-c2ccc([N+](=O)[O-])cc2)nc2ccccn12. The van der Waals surface area contributed by atoms with Crippen molar-refractivity contribution in [2.24, 2.45) is 0 Å². The lowest BCUT2D eigenvalue weighted by Gasteiger charge is -2.01. The molecule has 1 aromatic carbocycles. The zero-order chi connectivity index (χ0) is 16.4. The number of nitro benzene ring substituents is 1. The summed E-state index contributed by atoms with van der Waals surface area (Å²) in [6.07, 6.45) is 4.07. The number of imidazole rings is 1. The van der Waals surface area contributed by atoms with E-state index in [1.807, 2.05) is 6.07 Å². The summed E-state index contributed by atoms with van der Waals surface area (Å²) in [6, 6.07) is 11.3. The zero-order valence-electron chi connectivity index (χ0n) is 11.7. The number of carbonyl (C=O) groups is 1. The molecule has 0 radical (unpaired) electrons. The Hall–Kier alpha value is -3.48. The predicted molar refractivity (Wildman–Crippen MR) is 81.3 cm³/mol. The van der Waals surface area contributed by atoms with Gasteiger partial charge in [0.15, 0.2) is 0 Å². The summed E-state index contributed by atoms with van der Waals surface area (Å²) in [7, 11) is 0. The number of aromatic nitrogens is 2. The molecule has 0 aliphatic rings. The molecule has 0 aliphatic carbocycles. The molecule has 0 N–H and O–H groups in total. The molecule has 7 heteroatoms. The molecule has 3 aromatic rings. The first-order valence-corrected chi connectivity index (χ1v) is 6.67. The van der Waals surface area contributed by atoms with E-state index in [4.69, 9.17) is 0 Å². The van der Waals surface area contributed by atoms with E-state index in [9.17, 15) is 20.0 Å². The maximum absolute atomic E-state index is 10.7. The number of hydrogen-bond acceptors (Lipinski definition) is 5. The van der Waals surface area contributed by atoms with Gasteiger partial charge >= 0.3 is 0 Å². The van der Waals surface area contributed by atoms with Gasteiger partial charge in [0.25, 0.3) is 5.69 Å². The number of nitro groups is 1. The fourth-order valence-electron chi connectivity index (χ4n) is 2.27. The van der Waals surface area contributed by atoms with E-state index in [1.54, 1.807) is 34.9 Å². The summed E-state index contributed by atoms with van der Waals surface area (Å²) in [6.45, 7) is 0. The second kappa shape index (κ2) is 5.72. The molecule has 0 bridgehead atoms. The summed E-state index contributed by atoms with van der Waals surface area (Å²) >= 11 is 0. The molecule has 23 heavy (non-hydrogen) atoms. The first-order chi connectivity index (χ1) is 11.1. The smallest absolute Gasteiger partial charge is 0.269 e. The minimum absolute atomic E-state index is 0.0238. The van der Waals surface area contributed by atoms with E-state index < -0.39 is 10.9 Å². The van der Waals surface area contributed by atoms with Gasteiger partial charge in [0.05, 0.1) is 22.3 Å². The second-order valence-corrected chi connectivity index (χ2v) is 4.73. The van der Waals surface area contributed by atoms with Gasteiger partial charge in [-0.1, -0.05) is 6.07 Å². The van der Waals surface area contributed by atoms with E-state index in [1.165, 1.54) is 18.2 Å². The van der Waals surface area contributed by atoms with Gasteiger partial charge in [0.2, 0.25) is 0 Å². The maximum atomic E-state index is 10.7. The predicted octanol–water partition coefficient (Wildman–Crippen LogP) is 1.67. The molecule has 0 saturated carbocycles. The summed E-state index contributed by atoms with van der Waals surface area (Å²) < 4.78 is 1.73. The van der Waals surface area contributed by atoms with Gasteiger partial charge in [-0.05, 0) is 36.4 Å². The molecule has 0 fully saturated rings. The molecule has 0 spiro atoms. The molecule has 0 aliphatic heterocycles. The van der Waals surface area contributed by atoms with Crippen LogP contribution < -0.4 is 5.11 Å². The molecule has 0 saturated heterocycles. The van der Waals surface area contributed by atoms with E-state index in [0.29, 0.717) is 22.6 Å². The molecular weight excluding hydrogens is 298 g/mol. The van der Waals surface area contributed by atoms with Crippen LogP contribution in [0.15, 0.2) is 54.7 Å².